The van der Waals surface area contributed by atoms with Crippen molar-refractivity contribution in [3.8, 4) is 0 Å². The molecule has 0 amide bonds. The highest BCUT2D eigenvalue weighted by Gasteiger charge is 2.21. The molecule has 2 aromatic rings. The van der Waals surface area contributed by atoms with Crippen LogP contribution in [0.2, 0.25) is 0 Å². The van der Waals surface area contributed by atoms with Gasteiger partial charge in [-0.2, -0.15) is 4.98 Å². The van der Waals surface area contributed by atoms with Gasteiger partial charge >= 0.3 is 0 Å². The van der Waals surface area contributed by atoms with Crippen molar-refractivity contribution in [1.82, 2.24) is 19.9 Å². The number of aromatic nitrogens is 3. The van der Waals surface area contributed by atoms with Crippen molar-refractivity contribution < 1.29 is 4.74 Å². The van der Waals surface area contributed by atoms with E-state index in [0.717, 1.165) is 88.6 Å². The van der Waals surface area contributed by atoms with E-state index in [1.807, 2.05) is 0 Å². The minimum Gasteiger partial charge on any atom is -0.378 e. The fourth-order valence-electron chi connectivity index (χ4n) is 3.82. The van der Waals surface area contributed by atoms with Crippen molar-refractivity contribution in [1.29, 1.82) is 0 Å². The van der Waals surface area contributed by atoms with Crippen LogP contribution < -0.4 is 9.80 Å². The third-order valence-corrected chi connectivity index (χ3v) is 5.45. The lowest BCUT2D eigenvalue weighted by Gasteiger charge is -2.35. The molecule has 2 saturated heterocycles. The topological polar surface area (TPSA) is 57.6 Å². The summed E-state index contributed by atoms with van der Waals surface area (Å²) in [5, 5.41) is 0. The lowest BCUT2D eigenvalue weighted by Crippen LogP contribution is -2.47. The van der Waals surface area contributed by atoms with Crippen LogP contribution in [0.1, 0.15) is 17.1 Å². The van der Waals surface area contributed by atoms with Gasteiger partial charge in [0.25, 0.3) is 0 Å². The van der Waals surface area contributed by atoms with Gasteiger partial charge in [0.15, 0.2) is 0 Å². The second kappa shape index (κ2) is 8.84. The smallest absolute Gasteiger partial charge is 0.227 e. The molecule has 4 heterocycles. The molecule has 28 heavy (non-hydrogen) atoms. The van der Waals surface area contributed by atoms with E-state index in [0.29, 0.717) is 0 Å². The Morgan fingerprint density at radius 2 is 1.64 bits per heavy atom. The van der Waals surface area contributed by atoms with Crippen LogP contribution in [0.3, 0.4) is 0 Å². The number of hydrogen-bond acceptors (Lipinski definition) is 7. The van der Waals surface area contributed by atoms with Crippen molar-refractivity contribution in [3.05, 3.63) is 41.3 Å². The number of rotatable bonds is 5. The first-order valence-electron chi connectivity index (χ1n) is 10.3. The standard InChI is InChI=1S/C21H30N6O/c1-17-4-3-5-19(22-17)6-7-25-8-10-27(11-9-25)21-23-18(2)16-20(24-21)26-12-14-28-15-13-26/h3-5,16H,6-15H2,1-2H3. The zero-order valence-corrected chi connectivity index (χ0v) is 17.0. The van der Waals surface area contributed by atoms with Crippen LogP contribution in [-0.4, -0.2) is 78.9 Å². The fraction of sp³-hybridized carbons (Fsp3) is 0.571. The number of nitrogens with zero attached hydrogens (tertiary/aromatic N) is 6. The maximum absolute atomic E-state index is 5.47. The van der Waals surface area contributed by atoms with Crippen LogP contribution in [0.25, 0.3) is 0 Å². The van der Waals surface area contributed by atoms with Crippen molar-refractivity contribution >= 4 is 11.8 Å². The highest BCUT2D eigenvalue weighted by molar-refractivity contribution is 5.46. The molecular weight excluding hydrogens is 352 g/mol. The summed E-state index contributed by atoms with van der Waals surface area (Å²) in [4.78, 5) is 21.3. The van der Waals surface area contributed by atoms with Crippen molar-refractivity contribution in [2.45, 2.75) is 20.3 Å². The second-order valence-corrected chi connectivity index (χ2v) is 7.62. The molecule has 2 fully saturated rings. The van der Waals surface area contributed by atoms with Crippen molar-refractivity contribution in [2.75, 3.05) is 68.8 Å². The number of morpholine rings is 1. The van der Waals surface area contributed by atoms with Gasteiger partial charge in [-0.25, -0.2) is 4.98 Å². The van der Waals surface area contributed by atoms with E-state index in [-0.39, 0.29) is 0 Å². The molecule has 0 aromatic carbocycles. The molecule has 7 nitrogen and oxygen atoms in total. The maximum Gasteiger partial charge on any atom is 0.227 e. The van der Waals surface area contributed by atoms with E-state index >= 15 is 0 Å². The van der Waals surface area contributed by atoms with Crippen LogP contribution in [-0.2, 0) is 11.2 Å². The Morgan fingerprint density at radius 1 is 0.857 bits per heavy atom. The van der Waals surface area contributed by atoms with Gasteiger partial charge in [0.2, 0.25) is 5.95 Å². The van der Waals surface area contributed by atoms with E-state index < -0.39 is 0 Å². The Hall–Kier alpha value is -2.25. The van der Waals surface area contributed by atoms with Gasteiger partial charge in [-0.15, -0.1) is 0 Å². The number of ether oxygens (including phenoxy) is 1. The van der Waals surface area contributed by atoms with Gasteiger partial charge in [-0.3, -0.25) is 9.88 Å². The normalized spacial score (nSPS) is 18.5. The summed E-state index contributed by atoms with van der Waals surface area (Å²) in [5.74, 6) is 1.89. The van der Waals surface area contributed by atoms with E-state index in [1.54, 1.807) is 0 Å². The van der Waals surface area contributed by atoms with Crippen LogP contribution in [0.5, 0.6) is 0 Å². The summed E-state index contributed by atoms with van der Waals surface area (Å²) in [7, 11) is 0. The number of pyridine rings is 1. The van der Waals surface area contributed by atoms with Gasteiger partial charge in [-0.05, 0) is 26.0 Å². The van der Waals surface area contributed by atoms with Crippen molar-refractivity contribution in [3.63, 3.8) is 0 Å². The number of piperazine rings is 1. The third kappa shape index (κ3) is 4.77. The van der Waals surface area contributed by atoms with E-state index in [2.05, 4.69) is 57.8 Å². The lowest BCUT2D eigenvalue weighted by molar-refractivity contribution is 0.122. The van der Waals surface area contributed by atoms with Crippen LogP contribution >= 0.6 is 0 Å². The Bertz CT molecular complexity index is 784. The molecule has 0 aliphatic carbocycles. The molecular formula is C21H30N6O. The van der Waals surface area contributed by atoms with E-state index in [4.69, 9.17) is 14.7 Å². The molecule has 0 unspecified atom stereocenters. The van der Waals surface area contributed by atoms with E-state index in [1.165, 1.54) is 5.69 Å². The molecule has 0 saturated carbocycles. The summed E-state index contributed by atoms with van der Waals surface area (Å²) >= 11 is 0. The fourth-order valence-corrected chi connectivity index (χ4v) is 3.82. The summed E-state index contributed by atoms with van der Waals surface area (Å²) in [6.45, 7) is 12.5. The molecule has 0 N–H and O–H groups in total. The zero-order valence-electron chi connectivity index (χ0n) is 17.0. The predicted molar refractivity (Wildman–Crippen MR) is 111 cm³/mol. The molecule has 150 valence electrons. The minimum atomic E-state index is 0.771. The first kappa shape index (κ1) is 19.1. The third-order valence-electron chi connectivity index (χ3n) is 5.45. The highest BCUT2D eigenvalue weighted by atomic mass is 16.5. The average molecular weight is 383 g/mol. The average Bonchev–Trinajstić information content (AvgIpc) is 2.73. The largest absolute Gasteiger partial charge is 0.378 e. The quantitative estimate of drug-likeness (QED) is 0.780. The lowest BCUT2D eigenvalue weighted by atomic mass is 10.2. The summed E-state index contributed by atoms with van der Waals surface area (Å²) < 4.78 is 5.47. The summed E-state index contributed by atoms with van der Waals surface area (Å²) in [6, 6.07) is 8.35. The highest BCUT2D eigenvalue weighted by Crippen LogP contribution is 2.19. The Balaban J connectivity index is 1.33. The molecule has 0 bridgehead atoms. The molecule has 0 spiro atoms. The Morgan fingerprint density at radius 3 is 2.39 bits per heavy atom. The van der Waals surface area contributed by atoms with Gasteiger partial charge in [0.1, 0.15) is 5.82 Å². The Kier molecular flexibility index (Phi) is 6.02. The number of hydrogen-bond donors (Lipinski definition) is 0. The van der Waals surface area contributed by atoms with E-state index in [9.17, 15) is 0 Å². The first-order chi connectivity index (χ1) is 13.7. The van der Waals surface area contributed by atoms with Gasteiger partial charge in [-0.1, -0.05) is 6.07 Å². The summed E-state index contributed by atoms with van der Waals surface area (Å²) in [6.07, 6.45) is 1.00. The molecule has 4 rings (SSSR count). The molecule has 2 aliphatic heterocycles. The molecule has 2 aromatic heterocycles. The van der Waals surface area contributed by atoms with Crippen LogP contribution in [0, 0.1) is 13.8 Å². The molecule has 0 atom stereocenters. The number of aryl methyl sites for hydroxylation is 2. The van der Waals surface area contributed by atoms with Gasteiger partial charge in [0, 0.05) is 75.4 Å². The predicted octanol–water partition coefficient (Wildman–Crippen LogP) is 1.69. The van der Waals surface area contributed by atoms with Gasteiger partial charge < -0.3 is 14.5 Å². The Labute approximate surface area is 167 Å². The van der Waals surface area contributed by atoms with Crippen LogP contribution in [0.15, 0.2) is 24.3 Å². The SMILES string of the molecule is Cc1cccc(CCN2CCN(c3nc(C)cc(N4CCOCC4)n3)CC2)n1. The maximum atomic E-state index is 5.47. The number of anilines is 2. The monoisotopic (exact) mass is 382 g/mol. The zero-order chi connectivity index (χ0) is 19.3. The minimum absolute atomic E-state index is 0.771. The molecule has 2 aliphatic rings. The second-order valence-electron chi connectivity index (χ2n) is 7.62. The first-order valence-corrected chi connectivity index (χ1v) is 10.3. The van der Waals surface area contributed by atoms with Crippen molar-refractivity contribution in [2.24, 2.45) is 0 Å². The van der Waals surface area contributed by atoms with Crippen LogP contribution in [0.4, 0.5) is 11.8 Å². The van der Waals surface area contributed by atoms with Gasteiger partial charge in [0.05, 0.1) is 13.2 Å². The molecule has 7 heteroatoms. The summed E-state index contributed by atoms with van der Waals surface area (Å²) in [5.41, 5.74) is 3.30. The molecule has 0 radical (unpaired) electrons.